The Morgan fingerprint density at radius 1 is 0.373 bits per heavy atom. The first-order valence-corrected chi connectivity index (χ1v) is 21.4. The molecule has 0 aromatic heterocycles. The van der Waals surface area contributed by atoms with Crippen LogP contribution in [0.4, 0.5) is 0 Å². The zero-order chi connectivity index (χ0) is 37.6. The summed E-state index contributed by atoms with van der Waals surface area (Å²) in [4.78, 5) is 46.8. The Balaban J connectivity index is 3.56. The van der Waals surface area contributed by atoms with Crippen molar-refractivity contribution < 1.29 is 38.1 Å². The van der Waals surface area contributed by atoms with E-state index in [0.29, 0.717) is 32.5 Å². The predicted octanol–water partition coefficient (Wildman–Crippen LogP) is 12.1. The lowest BCUT2D eigenvalue weighted by Gasteiger charge is -2.17. The van der Waals surface area contributed by atoms with Crippen molar-refractivity contribution in [3.8, 4) is 0 Å². The molecule has 2 atom stereocenters. The highest BCUT2D eigenvalue weighted by molar-refractivity contribution is 5.69. The zero-order valence-corrected chi connectivity index (χ0v) is 33.8. The standard InChI is InChI=1S/C43H80O8/c1-5-7-9-23-30-40(50-38(3)44)32-25-19-15-13-11-12-14-16-21-27-34-42(46)48-36-29-37-49-43(47)35-28-22-18-17-20-26-33-41(51-39(4)45)31-24-10-8-6-2/h40-41H,5-37H2,1-4H3. The zero-order valence-electron chi connectivity index (χ0n) is 33.8. The molecule has 0 bridgehead atoms. The van der Waals surface area contributed by atoms with Gasteiger partial charge >= 0.3 is 23.9 Å². The minimum absolute atomic E-state index is 0.0572. The van der Waals surface area contributed by atoms with Gasteiger partial charge in [-0.15, -0.1) is 0 Å². The average molecular weight is 725 g/mol. The van der Waals surface area contributed by atoms with E-state index >= 15 is 0 Å². The van der Waals surface area contributed by atoms with Gasteiger partial charge in [0.1, 0.15) is 12.2 Å². The summed E-state index contributed by atoms with van der Waals surface area (Å²) in [5, 5.41) is 0. The van der Waals surface area contributed by atoms with Crippen LogP contribution in [0.1, 0.15) is 227 Å². The van der Waals surface area contributed by atoms with Gasteiger partial charge in [0.05, 0.1) is 13.2 Å². The molecule has 0 N–H and O–H groups in total. The third kappa shape index (κ3) is 37.4. The van der Waals surface area contributed by atoms with Crippen LogP contribution in [0.15, 0.2) is 0 Å². The van der Waals surface area contributed by atoms with E-state index in [1.54, 1.807) is 0 Å². The van der Waals surface area contributed by atoms with Crippen LogP contribution >= 0.6 is 0 Å². The van der Waals surface area contributed by atoms with E-state index in [1.807, 2.05) is 0 Å². The van der Waals surface area contributed by atoms with E-state index in [2.05, 4.69) is 13.8 Å². The molecule has 0 aliphatic rings. The molecule has 0 saturated heterocycles. The first kappa shape index (κ1) is 48.9. The maximum atomic E-state index is 12.0. The van der Waals surface area contributed by atoms with E-state index in [1.165, 1.54) is 90.9 Å². The molecule has 0 amide bonds. The number of carbonyl (C=O) groups excluding carboxylic acids is 4. The molecule has 51 heavy (non-hydrogen) atoms. The molecule has 0 aliphatic heterocycles. The number of esters is 4. The number of hydrogen-bond acceptors (Lipinski definition) is 8. The molecular formula is C43H80O8. The highest BCUT2D eigenvalue weighted by Crippen LogP contribution is 2.18. The van der Waals surface area contributed by atoms with Gasteiger partial charge in [-0.25, -0.2) is 0 Å². The van der Waals surface area contributed by atoms with Crippen molar-refractivity contribution in [2.75, 3.05) is 13.2 Å². The maximum Gasteiger partial charge on any atom is 0.305 e. The smallest absolute Gasteiger partial charge is 0.305 e. The van der Waals surface area contributed by atoms with Crippen LogP contribution in [0.5, 0.6) is 0 Å². The third-order valence-electron chi connectivity index (χ3n) is 9.55. The van der Waals surface area contributed by atoms with Crippen LogP contribution in [0.25, 0.3) is 0 Å². The van der Waals surface area contributed by atoms with Gasteiger partial charge in [-0.2, -0.15) is 0 Å². The topological polar surface area (TPSA) is 105 Å². The molecule has 8 heteroatoms. The second-order valence-electron chi connectivity index (χ2n) is 14.7. The summed E-state index contributed by atoms with van der Waals surface area (Å²) in [7, 11) is 0. The number of hydrogen-bond donors (Lipinski definition) is 0. The molecule has 0 radical (unpaired) electrons. The first-order chi connectivity index (χ1) is 24.8. The van der Waals surface area contributed by atoms with Crippen molar-refractivity contribution in [3.05, 3.63) is 0 Å². The van der Waals surface area contributed by atoms with Crippen LogP contribution in [-0.4, -0.2) is 49.3 Å². The van der Waals surface area contributed by atoms with Gasteiger partial charge in [0.15, 0.2) is 0 Å². The predicted molar refractivity (Wildman–Crippen MR) is 208 cm³/mol. The van der Waals surface area contributed by atoms with Crippen molar-refractivity contribution >= 4 is 23.9 Å². The van der Waals surface area contributed by atoms with E-state index in [4.69, 9.17) is 18.9 Å². The molecule has 8 nitrogen and oxygen atoms in total. The van der Waals surface area contributed by atoms with Crippen LogP contribution in [0.3, 0.4) is 0 Å². The highest BCUT2D eigenvalue weighted by Gasteiger charge is 2.13. The summed E-state index contributed by atoms with van der Waals surface area (Å²) in [6.45, 7) is 8.02. The Hall–Kier alpha value is -2.12. The SMILES string of the molecule is CCCCCCC(CCCCCCCCCCCCC(=O)OCCCOC(=O)CCCCCCCCC(CCCCCC)OC(C)=O)OC(C)=O. The van der Waals surface area contributed by atoms with Crippen LogP contribution in [-0.2, 0) is 38.1 Å². The summed E-state index contributed by atoms with van der Waals surface area (Å²) >= 11 is 0. The van der Waals surface area contributed by atoms with Gasteiger partial charge in [0.2, 0.25) is 0 Å². The lowest BCUT2D eigenvalue weighted by molar-refractivity contribution is -0.148. The van der Waals surface area contributed by atoms with Crippen molar-refractivity contribution in [1.29, 1.82) is 0 Å². The largest absolute Gasteiger partial charge is 0.466 e. The Labute approximate surface area is 313 Å². The first-order valence-electron chi connectivity index (χ1n) is 21.4. The Kier molecular flexibility index (Phi) is 36.1. The summed E-state index contributed by atoms with van der Waals surface area (Å²) in [5.74, 6) is -0.666. The fraction of sp³-hybridized carbons (Fsp3) is 0.907. The summed E-state index contributed by atoms with van der Waals surface area (Å²) in [5.41, 5.74) is 0. The monoisotopic (exact) mass is 725 g/mol. The normalized spacial score (nSPS) is 12.3. The number of unbranched alkanes of at least 4 members (excludes halogenated alkanes) is 20. The summed E-state index contributed by atoms with van der Waals surface area (Å²) in [6.07, 6.45) is 33.0. The minimum Gasteiger partial charge on any atom is -0.466 e. The Morgan fingerprint density at radius 3 is 0.941 bits per heavy atom. The van der Waals surface area contributed by atoms with Gasteiger partial charge in [-0.05, 0) is 64.2 Å². The number of carbonyl (C=O) groups is 4. The summed E-state index contributed by atoms with van der Waals surface area (Å²) < 4.78 is 21.6. The van der Waals surface area contributed by atoms with Crippen molar-refractivity contribution in [2.45, 2.75) is 239 Å². The average Bonchev–Trinajstić information content (AvgIpc) is 3.09. The fourth-order valence-electron chi connectivity index (χ4n) is 6.57. The van der Waals surface area contributed by atoms with Crippen LogP contribution in [0, 0.1) is 0 Å². The van der Waals surface area contributed by atoms with Gasteiger partial charge < -0.3 is 18.9 Å². The van der Waals surface area contributed by atoms with E-state index in [9.17, 15) is 19.2 Å². The second kappa shape index (κ2) is 37.6. The molecule has 0 aliphatic carbocycles. The molecule has 0 heterocycles. The van der Waals surface area contributed by atoms with Gasteiger partial charge in [-0.1, -0.05) is 129 Å². The minimum atomic E-state index is -0.178. The lowest BCUT2D eigenvalue weighted by atomic mass is 10.0. The Morgan fingerprint density at radius 2 is 0.647 bits per heavy atom. The maximum absolute atomic E-state index is 12.0. The van der Waals surface area contributed by atoms with Crippen LogP contribution < -0.4 is 0 Å². The van der Waals surface area contributed by atoms with E-state index in [0.717, 1.165) is 103 Å². The van der Waals surface area contributed by atoms with Gasteiger partial charge in [0, 0.05) is 33.1 Å². The molecule has 0 aromatic carbocycles. The van der Waals surface area contributed by atoms with Crippen molar-refractivity contribution in [2.24, 2.45) is 0 Å². The Bertz CT molecular complexity index is 829. The molecule has 0 aromatic rings. The lowest BCUT2D eigenvalue weighted by Crippen LogP contribution is -2.16. The molecule has 2 unspecified atom stereocenters. The number of ether oxygens (including phenoxy) is 4. The molecule has 0 spiro atoms. The summed E-state index contributed by atoms with van der Waals surface area (Å²) in [6, 6.07) is 0. The molecule has 0 fully saturated rings. The second-order valence-corrected chi connectivity index (χ2v) is 14.7. The third-order valence-corrected chi connectivity index (χ3v) is 9.55. The molecule has 0 rings (SSSR count). The van der Waals surface area contributed by atoms with Crippen LogP contribution in [0.2, 0.25) is 0 Å². The van der Waals surface area contributed by atoms with E-state index in [-0.39, 0.29) is 36.1 Å². The number of rotatable bonds is 38. The fourth-order valence-corrected chi connectivity index (χ4v) is 6.57. The van der Waals surface area contributed by atoms with Gasteiger partial charge in [0.25, 0.3) is 0 Å². The quantitative estimate of drug-likeness (QED) is 0.0352. The molecular weight excluding hydrogens is 644 g/mol. The molecule has 0 saturated carbocycles. The van der Waals surface area contributed by atoms with Crippen molar-refractivity contribution in [1.82, 2.24) is 0 Å². The highest BCUT2D eigenvalue weighted by atomic mass is 16.6. The van der Waals surface area contributed by atoms with Crippen molar-refractivity contribution in [3.63, 3.8) is 0 Å². The molecule has 300 valence electrons. The van der Waals surface area contributed by atoms with E-state index < -0.39 is 0 Å². The van der Waals surface area contributed by atoms with Gasteiger partial charge in [-0.3, -0.25) is 19.2 Å².